The predicted molar refractivity (Wildman–Crippen MR) is 70.6 cm³/mol. The lowest BCUT2D eigenvalue weighted by atomic mass is 10.1. The van der Waals surface area contributed by atoms with Crippen molar-refractivity contribution in [3.05, 3.63) is 33.5 Å². The van der Waals surface area contributed by atoms with E-state index in [9.17, 15) is 28.1 Å². The van der Waals surface area contributed by atoms with Crippen LogP contribution in [0.3, 0.4) is 0 Å². The predicted octanol–water partition coefficient (Wildman–Crippen LogP) is 3.72. The van der Waals surface area contributed by atoms with E-state index in [1.807, 2.05) is 0 Å². The second-order valence-corrected chi connectivity index (χ2v) is 4.58. The van der Waals surface area contributed by atoms with E-state index in [1.165, 1.54) is 13.8 Å². The summed E-state index contributed by atoms with van der Waals surface area (Å²) < 4.78 is 44.2. The molecule has 0 amide bonds. The highest BCUT2D eigenvalue weighted by Crippen LogP contribution is 2.41. The summed E-state index contributed by atoms with van der Waals surface area (Å²) in [6, 6.07) is 1.40. The quantitative estimate of drug-likeness (QED) is 0.531. The molecule has 2 aromatic rings. The van der Waals surface area contributed by atoms with Gasteiger partial charge in [0.1, 0.15) is 0 Å². The molecule has 1 heterocycles. The number of rotatable bonds is 3. The highest BCUT2D eigenvalue weighted by molar-refractivity contribution is 5.94. The molecule has 0 aliphatic heterocycles. The summed E-state index contributed by atoms with van der Waals surface area (Å²) in [7, 11) is 0. The molecule has 1 aromatic heterocycles. The van der Waals surface area contributed by atoms with Crippen LogP contribution in [0.1, 0.15) is 24.6 Å². The molecule has 0 atom stereocenters. The molecule has 118 valence electrons. The third-order valence-corrected chi connectivity index (χ3v) is 3.04. The Kier molecular flexibility index (Phi) is 3.82. The van der Waals surface area contributed by atoms with Crippen LogP contribution in [0, 0.1) is 17.0 Å². The molecule has 0 fully saturated rings. The number of benzene rings is 1. The highest BCUT2D eigenvalue weighted by atomic mass is 19.4. The molecule has 1 N–H and O–H groups in total. The van der Waals surface area contributed by atoms with Gasteiger partial charge < -0.3 is 9.72 Å². The number of alkyl halides is 3. The van der Waals surface area contributed by atoms with Crippen LogP contribution in [0.2, 0.25) is 0 Å². The van der Waals surface area contributed by atoms with Crippen molar-refractivity contribution in [2.75, 3.05) is 0 Å². The summed E-state index contributed by atoms with van der Waals surface area (Å²) in [5.41, 5.74) is -2.08. The Morgan fingerprint density at radius 1 is 1.41 bits per heavy atom. The molecule has 0 aliphatic rings. The molecule has 6 nitrogen and oxygen atoms in total. The number of aromatic nitrogens is 1. The first-order valence-corrected chi connectivity index (χ1v) is 6.23. The van der Waals surface area contributed by atoms with Crippen molar-refractivity contribution in [2.45, 2.75) is 26.4 Å². The Morgan fingerprint density at radius 3 is 2.55 bits per heavy atom. The summed E-state index contributed by atoms with van der Waals surface area (Å²) in [4.78, 5) is 23.8. The Labute approximate surface area is 122 Å². The largest absolute Gasteiger partial charge is 0.424 e. The van der Waals surface area contributed by atoms with Gasteiger partial charge in [-0.3, -0.25) is 14.9 Å². The van der Waals surface area contributed by atoms with Gasteiger partial charge in [-0.1, -0.05) is 6.92 Å². The number of aryl methyl sites for hydroxylation is 1. The number of halogens is 3. The number of nitro groups is 1. The molecular weight excluding hydrogens is 305 g/mol. The fourth-order valence-electron chi connectivity index (χ4n) is 2.03. The third-order valence-electron chi connectivity index (χ3n) is 3.04. The van der Waals surface area contributed by atoms with Gasteiger partial charge in [-0.15, -0.1) is 0 Å². The lowest BCUT2D eigenvalue weighted by Crippen LogP contribution is -2.07. The fourth-order valence-corrected chi connectivity index (χ4v) is 2.03. The molecule has 0 spiro atoms. The van der Waals surface area contributed by atoms with Crippen LogP contribution in [0.25, 0.3) is 10.9 Å². The summed E-state index contributed by atoms with van der Waals surface area (Å²) in [5, 5.41) is 10.7. The summed E-state index contributed by atoms with van der Waals surface area (Å²) in [5.74, 6) is -0.778. The SMILES string of the molecule is CCC(=O)Oc1c(C)[nH]c2c(C(F)(F)F)cc([N+](=O)[O-])cc12. The third kappa shape index (κ3) is 2.74. The van der Waals surface area contributed by atoms with E-state index in [0.717, 1.165) is 6.07 Å². The molecule has 0 saturated carbocycles. The molecule has 0 saturated heterocycles. The average molecular weight is 316 g/mol. The van der Waals surface area contributed by atoms with Crippen LogP contribution in [0.5, 0.6) is 5.75 Å². The number of hydrogen-bond acceptors (Lipinski definition) is 4. The maximum Gasteiger partial charge on any atom is 0.418 e. The number of aromatic amines is 1. The topological polar surface area (TPSA) is 85.2 Å². The second-order valence-electron chi connectivity index (χ2n) is 4.58. The molecule has 0 radical (unpaired) electrons. The van der Waals surface area contributed by atoms with E-state index >= 15 is 0 Å². The first-order chi connectivity index (χ1) is 10.1. The van der Waals surface area contributed by atoms with Crippen molar-refractivity contribution in [1.82, 2.24) is 4.98 Å². The molecule has 22 heavy (non-hydrogen) atoms. The van der Waals surface area contributed by atoms with Crippen molar-refractivity contribution >= 4 is 22.6 Å². The number of fused-ring (bicyclic) bond motifs is 1. The number of esters is 1. The van der Waals surface area contributed by atoms with Gasteiger partial charge in [0.15, 0.2) is 5.75 Å². The zero-order valence-corrected chi connectivity index (χ0v) is 11.6. The number of carbonyl (C=O) groups is 1. The summed E-state index contributed by atoms with van der Waals surface area (Å²) in [6.45, 7) is 2.94. The van der Waals surface area contributed by atoms with Crippen LogP contribution in [0.4, 0.5) is 18.9 Å². The van der Waals surface area contributed by atoms with Crippen molar-refractivity contribution < 1.29 is 27.6 Å². The minimum atomic E-state index is -4.78. The molecule has 0 unspecified atom stereocenters. The van der Waals surface area contributed by atoms with Crippen molar-refractivity contribution in [3.63, 3.8) is 0 Å². The van der Waals surface area contributed by atoms with Crippen molar-refractivity contribution in [1.29, 1.82) is 0 Å². The zero-order valence-electron chi connectivity index (χ0n) is 11.6. The Morgan fingerprint density at radius 2 is 2.05 bits per heavy atom. The van der Waals surface area contributed by atoms with E-state index in [1.54, 1.807) is 0 Å². The smallest absolute Gasteiger partial charge is 0.418 e. The van der Waals surface area contributed by atoms with Crippen LogP contribution in [-0.2, 0) is 11.0 Å². The number of nitro benzene ring substituents is 1. The van der Waals surface area contributed by atoms with Gasteiger partial charge in [0.25, 0.3) is 5.69 Å². The number of ether oxygens (including phenoxy) is 1. The lowest BCUT2D eigenvalue weighted by Gasteiger charge is -2.08. The maximum absolute atomic E-state index is 13.1. The average Bonchev–Trinajstić information content (AvgIpc) is 2.72. The summed E-state index contributed by atoms with van der Waals surface area (Å²) in [6.07, 6.45) is -4.76. The van der Waals surface area contributed by atoms with E-state index in [0.29, 0.717) is 6.07 Å². The monoisotopic (exact) mass is 316 g/mol. The maximum atomic E-state index is 13.1. The van der Waals surface area contributed by atoms with E-state index in [2.05, 4.69) is 4.98 Å². The Balaban J connectivity index is 2.79. The Bertz CT molecular complexity index is 765. The molecule has 1 aromatic carbocycles. The van der Waals surface area contributed by atoms with Gasteiger partial charge in [0.2, 0.25) is 0 Å². The minimum absolute atomic E-state index is 0.0210. The number of non-ortho nitro benzene ring substituents is 1. The van der Waals surface area contributed by atoms with Gasteiger partial charge in [-0.25, -0.2) is 0 Å². The number of H-pyrrole nitrogens is 1. The molecule has 2 rings (SSSR count). The minimum Gasteiger partial charge on any atom is -0.424 e. The van der Waals surface area contributed by atoms with Crippen molar-refractivity contribution in [3.8, 4) is 5.75 Å². The summed E-state index contributed by atoms with van der Waals surface area (Å²) >= 11 is 0. The first kappa shape index (κ1) is 15.8. The second kappa shape index (κ2) is 5.32. The van der Waals surface area contributed by atoms with E-state index in [-0.39, 0.29) is 28.8 Å². The molecule has 9 heteroatoms. The normalized spacial score (nSPS) is 11.7. The van der Waals surface area contributed by atoms with Gasteiger partial charge in [0, 0.05) is 18.6 Å². The number of carbonyl (C=O) groups excluding carboxylic acids is 1. The van der Waals surface area contributed by atoms with Crippen LogP contribution in [0.15, 0.2) is 12.1 Å². The molecule has 0 bridgehead atoms. The number of nitrogens with one attached hydrogen (secondary N) is 1. The first-order valence-electron chi connectivity index (χ1n) is 6.23. The molecular formula is C13H11F3N2O4. The van der Waals surface area contributed by atoms with Crippen LogP contribution < -0.4 is 4.74 Å². The van der Waals surface area contributed by atoms with Gasteiger partial charge >= 0.3 is 12.1 Å². The fraction of sp³-hybridized carbons (Fsp3) is 0.308. The standard InChI is InChI=1S/C13H11F3N2O4/c1-3-10(19)22-12-6(2)17-11-8(12)4-7(18(20)21)5-9(11)13(14,15)16/h4-5,17H,3H2,1-2H3. The van der Waals surface area contributed by atoms with Crippen molar-refractivity contribution in [2.24, 2.45) is 0 Å². The number of hydrogen-bond donors (Lipinski definition) is 1. The molecule has 0 aliphatic carbocycles. The van der Waals surface area contributed by atoms with Gasteiger partial charge in [-0.2, -0.15) is 13.2 Å². The van der Waals surface area contributed by atoms with Crippen LogP contribution >= 0.6 is 0 Å². The lowest BCUT2D eigenvalue weighted by molar-refractivity contribution is -0.385. The Hall–Kier alpha value is -2.58. The highest BCUT2D eigenvalue weighted by Gasteiger charge is 2.36. The van der Waals surface area contributed by atoms with Gasteiger partial charge in [-0.05, 0) is 6.92 Å². The zero-order chi connectivity index (χ0) is 16.7. The van der Waals surface area contributed by atoms with Crippen LogP contribution in [-0.4, -0.2) is 15.9 Å². The van der Waals surface area contributed by atoms with Gasteiger partial charge in [0.05, 0.1) is 27.1 Å². The van der Waals surface area contributed by atoms with E-state index in [4.69, 9.17) is 4.74 Å². The van der Waals surface area contributed by atoms with E-state index < -0.39 is 28.3 Å². The number of nitrogens with zero attached hydrogens (tertiary/aromatic N) is 1.